The maximum atomic E-state index is 13.0. The number of benzene rings is 1. The van der Waals surface area contributed by atoms with Crippen LogP contribution in [0.25, 0.3) is 0 Å². The second-order valence-corrected chi connectivity index (χ2v) is 7.47. The molecule has 0 radical (unpaired) electrons. The van der Waals surface area contributed by atoms with Crippen molar-refractivity contribution in [2.24, 2.45) is 0 Å². The highest BCUT2D eigenvalue weighted by molar-refractivity contribution is 5.90. The van der Waals surface area contributed by atoms with E-state index < -0.39 is 5.60 Å². The van der Waals surface area contributed by atoms with Crippen molar-refractivity contribution < 1.29 is 14.6 Å². The van der Waals surface area contributed by atoms with Gasteiger partial charge in [-0.25, -0.2) is 4.79 Å². The van der Waals surface area contributed by atoms with Gasteiger partial charge in [-0.3, -0.25) is 4.90 Å². The number of piperidine rings is 2. The standard InChI is InChI=1S/C19H27N3O3/c23-18(20-15-4-2-1-3-5-15)22-16-6-8-19(24,9-7-16)17(22)14-21-10-12-25-13-11-21/h1-5,16-17,24H,6-14H2,(H,20,23). The molecule has 0 aromatic heterocycles. The van der Waals surface area contributed by atoms with Gasteiger partial charge in [0.2, 0.25) is 0 Å². The number of nitrogens with zero attached hydrogens (tertiary/aromatic N) is 2. The number of para-hydroxylation sites is 1. The second kappa shape index (κ2) is 6.94. The van der Waals surface area contributed by atoms with E-state index in [2.05, 4.69) is 10.2 Å². The normalized spacial score (nSPS) is 32.6. The Bertz CT molecular complexity index is 595. The summed E-state index contributed by atoms with van der Waals surface area (Å²) in [5.41, 5.74) is 0.0345. The summed E-state index contributed by atoms with van der Waals surface area (Å²) in [5, 5.41) is 14.2. The first-order valence-corrected chi connectivity index (χ1v) is 9.32. The maximum absolute atomic E-state index is 13.0. The second-order valence-electron chi connectivity index (χ2n) is 7.47. The first kappa shape index (κ1) is 16.8. The minimum Gasteiger partial charge on any atom is -0.388 e. The Hall–Kier alpha value is -1.63. The van der Waals surface area contributed by atoms with Gasteiger partial charge < -0.3 is 20.1 Å². The summed E-state index contributed by atoms with van der Waals surface area (Å²) < 4.78 is 5.43. The topological polar surface area (TPSA) is 65.0 Å². The molecule has 4 aliphatic rings. The molecule has 1 aromatic carbocycles. The summed E-state index contributed by atoms with van der Waals surface area (Å²) in [5.74, 6) is 0. The number of carbonyl (C=O) groups is 1. The van der Waals surface area contributed by atoms with Crippen molar-refractivity contribution in [1.82, 2.24) is 9.80 Å². The van der Waals surface area contributed by atoms with Gasteiger partial charge in [-0.05, 0) is 37.8 Å². The lowest BCUT2D eigenvalue weighted by Gasteiger charge is -2.56. The molecule has 1 saturated carbocycles. The molecule has 1 unspecified atom stereocenters. The zero-order chi connectivity index (χ0) is 17.3. The smallest absolute Gasteiger partial charge is 0.322 e. The fourth-order valence-corrected chi connectivity index (χ4v) is 4.53. The van der Waals surface area contributed by atoms with Gasteiger partial charge >= 0.3 is 6.03 Å². The van der Waals surface area contributed by atoms with Crippen molar-refractivity contribution in [1.29, 1.82) is 0 Å². The molecule has 5 rings (SSSR count). The first-order chi connectivity index (χ1) is 12.2. The molecule has 3 heterocycles. The Labute approximate surface area is 148 Å². The van der Waals surface area contributed by atoms with E-state index in [1.165, 1.54) is 0 Å². The van der Waals surface area contributed by atoms with E-state index >= 15 is 0 Å². The van der Waals surface area contributed by atoms with Gasteiger partial charge in [0, 0.05) is 31.4 Å². The number of nitrogens with one attached hydrogen (secondary N) is 1. The van der Waals surface area contributed by atoms with E-state index in [0.717, 1.165) is 64.2 Å². The summed E-state index contributed by atoms with van der Waals surface area (Å²) in [7, 11) is 0. The summed E-state index contributed by atoms with van der Waals surface area (Å²) >= 11 is 0. The van der Waals surface area contributed by atoms with Gasteiger partial charge in [0.1, 0.15) is 0 Å². The lowest BCUT2D eigenvalue weighted by atomic mass is 9.71. The van der Waals surface area contributed by atoms with Gasteiger partial charge in [-0.15, -0.1) is 0 Å². The Morgan fingerprint density at radius 1 is 1.20 bits per heavy atom. The fraction of sp³-hybridized carbons (Fsp3) is 0.632. The molecule has 1 aliphatic carbocycles. The third-order valence-corrected chi connectivity index (χ3v) is 5.96. The van der Waals surface area contributed by atoms with Crippen molar-refractivity contribution in [2.75, 3.05) is 38.2 Å². The average Bonchev–Trinajstić information content (AvgIpc) is 2.64. The predicted octanol–water partition coefficient (Wildman–Crippen LogP) is 1.91. The molecular formula is C19H27N3O3. The van der Waals surface area contributed by atoms with Crippen LogP contribution in [0.2, 0.25) is 0 Å². The number of rotatable bonds is 3. The van der Waals surface area contributed by atoms with Gasteiger partial charge in [0.15, 0.2) is 0 Å². The Morgan fingerprint density at radius 3 is 2.56 bits per heavy atom. The molecule has 1 atom stereocenters. The number of ether oxygens (including phenoxy) is 1. The molecule has 0 spiro atoms. The zero-order valence-corrected chi connectivity index (χ0v) is 14.6. The molecule has 6 nitrogen and oxygen atoms in total. The Morgan fingerprint density at radius 2 is 1.88 bits per heavy atom. The van der Waals surface area contributed by atoms with Crippen LogP contribution in [-0.4, -0.2) is 71.5 Å². The van der Waals surface area contributed by atoms with Crippen molar-refractivity contribution in [3.63, 3.8) is 0 Å². The number of amides is 2. The summed E-state index contributed by atoms with van der Waals surface area (Å²) in [6.45, 7) is 3.91. The van der Waals surface area contributed by atoms with E-state index in [4.69, 9.17) is 4.74 Å². The molecule has 3 saturated heterocycles. The van der Waals surface area contributed by atoms with Gasteiger partial charge in [0.05, 0.1) is 24.9 Å². The number of aliphatic hydroxyl groups is 1. The molecule has 2 N–H and O–H groups in total. The SMILES string of the molecule is O=C(Nc1ccccc1)N1C2CCC(O)(CC2)C1CN1CCOCC1. The van der Waals surface area contributed by atoms with E-state index in [-0.39, 0.29) is 18.1 Å². The van der Waals surface area contributed by atoms with Crippen molar-refractivity contribution in [3.8, 4) is 0 Å². The lowest BCUT2D eigenvalue weighted by Crippen LogP contribution is -2.69. The molecule has 25 heavy (non-hydrogen) atoms. The van der Waals surface area contributed by atoms with Crippen LogP contribution in [0.15, 0.2) is 30.3 Å². The van der Waals surface area contributed by atoms with Crippen LogP contribution in [0.1, 0.15) is 25.7 Å². The number of urea groups is 1. The molecule has 6 heteroatoms. The molecule has 136 valence electrons. The van der Waals surface area contributed by atoms with Crippen LogP contribution >= 0.6 is 0 Å². The van der Waals surface area contributed by atoms with E-state index in [1.54, 1.807) is 0 Å². The van der Waals surface area contributed by atoms with Crippen LogP contribution in [0.5, 0.6) is 0 Å². The number of hydrogen-bond acceptors (Lipinski definition) is 4. The minimum atomic E-state index is -0.763. The fourth-order valence-electron chi connectivity index (χ4n) is 4.53. The largest absolute Gasteiger partial charge is 0.388 e. The third kappa shape index (κ3) is 3.38. The molecular weight excluding hydrogens is 318 g/mol. The molecule has 4 fully saturated rings. The summed E-state index contributed by atoms with van der Waals surface area (Å²) in [4.78, 5) is 17.3. The molecule has 2 bridgehead atoms. The predicted molar refractivity (Wildman–Crippen MR) is 95.6 cm³/mol. The van der Waals surface area contributed by atoms with Crippen LogP contribution in [0.3, 0.4) is 0 Å². The first-order valence-electron chi connectivity index (χ1n) is 9.32. The van der Waals surface area contributed by atoms with Crippen LogP contribution < -0.4 is 5.32 Å². The molecule has 1 aromatic rings. The van der Waals surface area contributed by atoms with Crippen molar-refractivity contribution in [3.05, 3.63) is 30.3 Å². The van der Waals surface area contributed by atoms with Crippen LogP contribution in [0, 0.1) is 0 Å². The number of carbonyl (C=O) groups excluding carboxylic acids is 1. The van der Waals surface area contributed by atoms with Crippen LogP contribution in [0.4, 0.5) is 10.5 Å². The number of hydrogen-bond donors (Lipinski definition) is 2. The molecule has 2 amide bonds. The van der Waals surface area contributed by atoms with E-state index in [9.17, 15) is 9.90 Å². The molecule has 3 aliphatic heterocycles. The quantitative estimate of drug-likeness (QED) is 0.878. The van der Waals surface area contributed by atoms with Crippen molar-refractivity contribution in [2.45, 2.75) is 43.4 Å². The summed E-state index contributed by atoms with van der Waals surface area (Å²) in [6.07, 6.45) is 3.36. The minimum absolute atomic E-state index is 0.0905. The van der Waals surface area contributed by atoms with Crippen molar-refractivity contribution >= 4 is 11.7 Å². The number of fused-ring (bicyclic) bond motifs is 3. The summed E-state index contributed by atoms with van der Waals surface area (Å²) in [6, 6.07) is 9.53. The average molecular weight is 345 g/mol. The monoisotopic (exact) mass is 345 g/mol. The zero-order valence-electron chi connectivity index (χ0n) is 14.6. The van der Waals surface area contributed by atoms with Crippen LogP contribution in [-0.2, 0) is 4.74 Å². The van der Waals surface area contributed by atoms with E-state index in [1.807, 2.05) is 35.2 Å². The lowest BCUT2D eigenvalue weighted by molar-refractivity contribution is -0.134. The van der Waals surface area contributed by atoms with E-state index in [0.29, 0.717) is 0 Å². The van der Waals surface area contributed by atoms with Gasteiger partial charge in [-0.2, -0.15) is 0 Å². The third-order valence-electron chi connectivity index (χ3n) is 5.96. The number of morpholine rings is 1. The Kier molecular flexibility index (Phi) is 4.67. The van der Waals surface area contributed by atoms with Gasteiger partial charge in [-0.1, -0.05) is 18.2 Å². The van der Waals surface area contributed by atoms with Gasteiger partial charge in [0.25, 0.3) is 0 Å². The Balaban J connectivity index is 1.53. The maximum Gasteiger partial charge on any atom is 0.322 e. The highest BCUT2D eigenvalue weighted by Crippen LogP contribution is 2.43. The number of anilines is 1. The highest BCUT2D eigenvalue weighted by atomic mass is 16.5. The highest BCUT2D eigenvalue weighted by Gasteiger charge is 2.53.